The topological polar surface area (TPSA) is 188 Å². The van der Waals surface area contributed by atoms with Gasteiger partial charge in [-0.1, -0.05) is 50.6 Å². The average Bonchev–Trinajstić information content (AvgIpc) is 2.79. The Balaban J connectivity index is 2.91. The zero-order valence-corrected chi connectivity index (χ0v) is 19.6. The molecular formula is C23H34N4O7. The zero-order valence-electron chi connectivity index (χ0n) is 19.6. The van der Waals surface area contributed by atoms with Gasteiger partial charge in [-0.3, -0.25) is 19.2 Å². The van der Waals surface area contributed by atoms with Crippen LogP contribution in [0.3, 0.4) is 0 Å². The van der Waals surface area contributed by atoms with Crippen LogP contribution in [0.4, 0.5) is 0 Å². The summed E-state index contributed by atoms with van der Waals surface area (Å²) in [6.45, 7) is 4.90. The third kappa shape index (κ3) is 9.57. The fourth-order valence-corrected chi connectivity index (χ4v) is 3.09. The molecule has 7 N–H and O–H groups in total. The summed E-state index contributed by atoms with van der Waals surface area (Å²) in [4.78, 5) is 60.1. The minimum absolute atomic E-state index is 0.100. The fourth-order valence-electron chi connectivity index (χ4n) is 3.09. The Hall–Kier alpha value is -3.47. The van der Waals surface area contributed by atoms with Gasteiger partial charge in [0, 0.05) is 12.8 Å². The minimum atomic E-state index is -1.18. The van der Waals surface area contributed by atoms with E-state index in [1.54, 1.807) is 44.2 Å². The second kappa shape index (κ2) is 13.9. The number of carboxylic acid groups (broad SMARTS) is 2. The summed E-state index contributed by atoms with van der Waals surface area (Å²) >= 11 is 0. The number of hydrogen-bond acceptors (Lipinski definition) is 6. The number of aliphatic carboxylic acids is 2. The molecule has 3 amide bonds. The first-order valence-corrected chi connectivity index (χ1v) is 11.1. The van der Waals surface area contributed by atoms with Crippen molar-refractivity contribution in [2.45, 2.75) is 70.6 Å². The van der Waals surface area contributed by atoms with Crippen molar-refractivity contribution in [1.29, 1.82) is 0 Å². The minimum Gasteiger partial charge on any atom is -0.481 e. The van der Waals surface area contributed by atoms with Gasteiger partial charge in [0.2, 0.25) is 17.7 Å². The standard InChI is InChI=1S/C23H34N4O7/c1-4-13(2)19(23(33)34)27-20(30)14(3)25-22(32)17(12-15-8-6-5-7-9-15)26-21(31)16(24)10-11-18(28)29/h5-9,13-14,16-17,19H,4,10-12,24H2,1-3H3,(H,25,32)(H,26,31)(H,27,30)(H,28,29)(H,33,34). The lowest BCUT2D eigenvalue weighted by Crippen LogP contribution is -2.57. The normalized spacial score (nSPS) is 15.2. The van der Waals surface area contributed by atoms with Crippen LogP contribution in [-0.4, -0.2) is 64.0 Å². The number of carbonyl (C=O) groups excluding carboxylic acids is 3. The molecule has 0 saturated carbocycles. The van der Waals surface area contributed by atoms with Crippen molar-refractivity contribution in [2.24, 2.45) is 11.7 Å². The Morgan fingerprint density at radius 1 is 0.912 bits per heavy atom. The predicted molar refractivity (Wildman–Crippen MR) is 124 cm³/mol. The molecule has 11 nitrogen and oxygen atoms in total. The number of carboxylic acids is 2. The second-order valence-electron chi connectivity index (χ2n) is 8.23. The lowest BCUT2D eigenvalue weighted by atomic mass is 9.99. The van der Waals surface area contributed by atoms with Crippen LogP contribution < -0.4 is 21.7 Å². The van der Waals surface area contributed by atoms with Crippen LogP contribution in [0.15, 0.2) is 30.3 Å². The summed E-state index contributed by atoms with van der Waals surface area (Å²) in [6, 6.07) is 4.44. The third-order valence-electron chi connectivity index (χ3n) is 5.45. The van der Waals surface area contributed by atoms with Gasteiger partial charge in [0.1, 0.15) is 18.1 Å². The summed E-state index contributed by atoms with van der Waals surface area (Å²) < 4.78 is 0. The highest BCUT2D eigenvalue weighted by molar-refractivity contribution is 5.94. The molecular weight excluding hydrogens is 444 g/mol. The number of carbonyl (C=O) groups is 5. The van der Waals surface area contributed by atoms with Gasteiger partial charge in [-0.15, -0.1) is 0 Å². The maximum Gasteiger partial charge on any atom is 0.326 e. The summed E-state index contributed by atoms with van der Waals surface area (Å²) in [5.74, 6) is -4.63. The summed E-state index contributed by atoms with van der Waals surface area (Å²) in [5.41, 5.74) is 6.49. The first kappa shape index (κ1) is 28.6. The molecule has 0 aliphatic heterocycles. The van der Waals surface area contributed by atoms with Crippen LogP contribution in [0, 0.1) is 5.92 Å². The molecule has 188 valence electrons. The van der Waals surface area contributed by atoms with Gasteiger partial charge in [-0.25, -0.2) is 4.79 Å². The van der Waals surface area contributed by atoms with E-state index in [0.717, 1.165) is 5.56 Å². The molecule has 0 saturated heterocycles. The van der Waals surface area contributed by atoms with E-state index < -0.39 is 53.8 Å². The van der Waals surface area contributed by atoms with E-state index >= 15 is 0 Å². The van der Waals surface area contributed by atoms with Gasteiger partial charge < -0.3 is 31.9 Å². The number of nitrogens with one attached hydrogen (secondary N) is 3. The van der Waals surface area contributed by atoms with E-state index in [4.69, 9.17) is 10.8 Å². The van der Waals surface area contributed by atoms with Gasteiger partial charge in [-0.2, -0.15) is 0 Å². The van der Waals surface area contributed by atoms with E-state index in [9.17, 15) is 29.1 Å². The first-order chi connectivity index (χ1) is 16.0. The molecule has 0 bridgehead atoms. The Morgan fingerprint density at radius 3 is 2.06 bits per heavy atom. The van der Waals surface area contributed by atoms with E-state index in [2.05, 4.69) is 16.0 Å². The Morgan fingerprint density at radius 2 is 1.53 bits per heavy atom. The van der Waals surface area contributed by atoms with Crippen LogP contribution in [0.1, 0.15) is 45.6 Å². The van der Waals surface area contributed by atoms with Gasteiger partial charge in [0.15, 0.2) is 0 Å². The molecule has 1 aromatic carbocycles. The molecule has 1 rings (SSSR count). The number of nitrogens with two attached hydrogens (primary N) is 1. The van der Waals surface area contributed by atoms with Crippen LogP contribution in [0.2, 0.25) is 0 Å². The van der Waals surface area contributed by atoms with E-state index in [1.807, 2.05) is 0 Å². The average molecular weight is 479 g/mol. The molecule has 1 aromatic rings. The van der Waals surface area contributed by atoms with Crippen molar-refractivity contribution < 1.29 is 34.2 Å². The van der Waals surface area contributed by atoms with Crippen LogP contribution in [-0.2, 0) is 30.4 Å². The highest BCUT2D eigenvalue weighted by Crippen LogP contribution is 2.09. The van der Waals surface area contributed by atoms with E-state index in [0.29, 0.717) is 6.42 Å². The Bertz CT molecular complexity index is 862. The predicted octanol–water partition coefficient (Wildman–Crippen LogP) is 0.0262. The molecule has 0 radical (unpaired) electrons. The van der Waals surface area contributed by atoms with Crippen molar-refractivity contribution in [1.82, 2.24) is 16.0 Å². The summed E-state index contributed by atoms with van der Waals surface area (Å²) in [6.07, 6.45) is 0.225. The van der Waals surface area contributed by atoms with Crippen molar-refractivity contribution in [3.8, 4) is 0 Å². The van der Waals surface area contributed by atoms with Crippen LogP contribution in [0.25, 0.3) is 0 Å². The molecule has 5 atom stereocenters. The molecule has 0 heterocycles. The van der Waals surface area contributed by atoms with Gasteiger partial charge in [0.25, 0.3) is 0 Å². The molecule has 0 aliphatic rings. The number of hydrogen-bond donors (Lipinski definition) is 6. The number of benzene rings is 1. The van der Waals surface area contributed by atoms with Crippen molar-refractivity contribution in [3.63, 3.8) is 0 Å². The number of amides is 3. The first-order valence-electron chi connectivity index (χ1n) is 11.1. The summed E-state index contributed by atoms with van der Waals surface area (Å²) in [5, 5.41) is 25.6. The largest absolute Gasteiger partial charge is 0.481 e. The molecule has 34 heavy (non-hydrogen) atoms. The van der Waals surface area contributed by atoms with Crippen LogP contribution in [0.5, 0.6) is 0 Å². The molecule has 0 fully saturated rings. The molecule has 0 aromatic heterocycles. The van der Waals surface area contributed by atoms with E-state index in [-0.39, 0.29) is 25.2 Å². The number of rotatable bonds is 14. The molecule has 11 heteroatoms. The van der Waals surface area contributed by atoms with Crippen molar-refractivity contribution in [2.75, 3.05) is 0 Å². The second-order valence-corrected chi connectivity index (χ2v) is 8.23. The lowest BCUT2D eigenvalue weighted by Gasteiger charge is -2.25. The Kier molecular flexibility index (Phi) is 11.7. The molecule has 0 spiro atoms. The summed E-state index contributed by atoms with van der Waals surface area (Å²) in [7, 11) is 0. The molecule has 0 aliphatic carbocycles. The van der Waals surface area contributed by atoms with Gasteiger partial charge in [0.05, 0.1) is 6.04 Å². The zero-order chi connectivity index (χ0) is 25.8. The third-order valence-corrected chi connectivity index (χ3v) is 5.45. The van der Waals surface area contributed by atoms with Crippen LogP contribution >= 0.6 is 0 Å². The maximum absolute atomic E-state index is 12.9. The van der Waals surface area contributed by atoms with Crippen molar-refractivity contribution in [3.05, 3.63) is 35.9 Å². The highest BCUT2D eigenvalue weighted by atomic mass is 16.4. The van der Waals surface area contributed by atoms with Gasteiger partial charge >= 0.3 is 11.9 Å². The maximum atomic E-state index is 12.9. The lowest BCUT2D eigenvalue weighted by molar-refractivity contribution is -0.143. The molecule has 5 unspecified atom stereocenters. The quantitative estimate of drug-likeness (QED) is 0.216. The van der Waals surface area contributed by atoms with E-state index in [1.165, 1.54) is 6.92 Å². The van der Waals surface area contributed by atoms with Crippen molar-refractivity contribution >= 4 is 29.7 Å². The highest BCUT2D eigenvalue weighted by Gasteiger charge is 2.30. The Labute approximate surface area is 198 Å². The fraction of sp³-hybridized carbons (Fsp3) is 0.522. The monoisotopic (exact) mass is 478 g/mol. The smallest absolute Gasteiger partial charge is 0.326 e. The SMILES string of the molecule is CCC(C)C(NC(=O)C(C)NC(=O)C(Cc1ccccc1)NC(=O)C(N)CCC(=O)O)C(=O)O. The van der Waals surface area contributed by atoms with Gasteiger partial charge in [-0.05, 0) is 24.8 Å².